The normalized spacial score (nSPS) is 21.8. The van der Waals surface area contributed by atoms with Crippen LogP contribution in [0, 0.1) is 6.92 Å². The molecule has 1 atom stereocenters. The van der Waals surface area contributed by atoms with Crippen molar-refractivity contribution in [3.63, 3.8) is 0 Å². The highest BCUT2D eigenvalue weighted by atomic mass is 15.3. The first kappa shape index (κ1) is 12.6. The minimum absolute atomic E-state index is 0.713. The summed E-state index contributed by atoms with van der Waals surface area (Å²) in [6.07, 6.45) is 6.00. The fourth-order valence-electron chi connectivity index (χ4n) is 2.64. The number of aromatic nitrogens is 2. The summed E-state index contributed by atoms with van der Waals surface area (Å²) in [5.41, 5.74) is 2.51. The summed E-state index contributed by atoms with van der Waals surface area (Å²) < 4.78 is 1.91. The van der Waals surface area contributed by atoms with Gasteiger partial charge in [-0.2, -0.15) is 5.10 Å². The van der Waals surface area contributed by atoms with Gasteiger partial charge in [-0.3, -0.25) is 9.58 Å². The Bertz CT molecular complexity index is 350. The Hall–Kier alpha value is -0.870. The van der Waals surface area contributed by atoms with Crippen LogP contribution in [-0.2, 0) is 13.6 Å². The van der Waals surface area contributed by atoms with Gasteiger partial charge in [-0.15, -0.1) is 0 Å². The topological polar surface area (TPSA) is 33.1 Å². The Kier molecular flexibility index (Phi) is 4.18. The molecule has 0 aromatic carbocycles. The zero-order chi connectivity index (χ0) is 12.3. The summed E-state index contributed by atoms with van der Waals surface area (Å²) in [4.78, 5) is 2.48. The van der Waals surface area contributed by atoms with Crippen molar-refractivity contribution in [2.75, 3.05) is 20.1 Å². The summed E-state index contributed by atoms with van der Waals surface area (Å²) in [7, 11) is 4.23. The molecule has 1 N–H and O–H groups in total. The van der Waals surface area contributed by atoms with Crippen molar-refractivity contribution in [1.29, 1.82) is 0 Å². The Balaban J connectivity index is 1.95. The van der Waals surface area contributed by atoms with E-state index in [0.29, 0.717) is 6.04 Å². The molecule has 1 fully saturated rings. The van der Waals surface area contributed by atoms with E-state index in [2.05, 4.69) is 35.5 Å². The van der Waals surface area contributed by atoms with Crippen molar-refractivity contribution in [3.05, 3.63) is 17.5 Å². The van der Waals surface area contributed by atoms with Gasteiger partial charge in [-0.1, -0.05) is 0 Å². The molecule has 0 aliphatic carbocycles. The van der Waals surface area contributed by atoms with E-state index < -0.39 is 0 Å². The molecule has 0 radical (unpaired) electrons. The number of hydrogen-bond acceptors (Lipinski definition) is 3. The highest BCUT2D eigenvalue weighted by Crippen LogP contribution is 2.16. The summed E-state index contributed by atoms with van der Waals surface area (Å²) >= 11 is 0. The second-order valence-electron chi connectivity index (χ2n) is 5.16. The molecule has 1 aliphatic heterocycles. The summed E-state index contributed by atoms with van der Waals surface area (Å²) in [5.74, 6) is 0. The number of hydrogen-bond donors (Lipinski definition) is 1. The molecule has 0 saturated carbocycles. The van der Waals surface area contributed by atoms with Crippen molar-refractivity contribution < 1.29 is 0 Å². The van der Waals surface area contributed by atoms with Gasteiger partial charge in [0, 0.05) is 31.4 Å². The van der Waals surface area contributed by atoms with E-state index in [4.69, 9.17) is 0 Å². The van der Waals surface area contributed by atoms with Crippen LogP contribution in [0.4, 0.5) is 0 Å². The third-order valence-electron chi connectivity index (χ3n) is 3.70. The lowest BCUT2D eigenvalue weighted by atomic mass is 10.1. The van der Waals surface area contributed by atoms with Crippen LogP contribution < -0.4 is 5.32 Å². The fraction of sp³-hybridized carbons (Fsp3) is 0.769. The van der Waals surface area contributed by atoms with Crippen LogP contribution >= 0.6 is 0 Å². The van der Waals surface area contributed by atoms with Gasteiger partial charge in [0.15, 0.2) is 0 Å². The van der Waals surface area contributed by atoms with Crippen LogP contribution in [0.1, 0.15) is 30.5 Å². The molecule has 1 aromatic heterocycles. The molecule has 0 amide bonds. The molecule has 4 nitrogen and oxygen atoms in total. The molecule has 1 aliphatic rings. The molecule has 2 rings (SSSR count). The van der Waals surface area contributed by atoms with Gasteiger partial charge >= 0.3 is 0 Å². The van der Waals surface area contributed by atoms with Gasteiger partial charge in [0.2, 0.25) is 0 Å². The van der Waals surface area contributed by atoms with Crippen LogP contribution in [0.25, 0.3) is 0 Å². The number of rotatable bonds is 3. The van der Waals surface area contributed by atoms with Crippen molar-refractivity contribution in [2.45, 2.75) is 38.8 Å². The first-order chi connectivity index (χ1) is 8.16. The predicted molar refractivity (Wildman–Crippen MR) is 69.9 cm³/mol. The Morgan fingerprint density at radius 3 is 3.00 bits per heavy atom. The lowest BCUT2D eigenvalue weighted by Gasteiger charge is -2.26. The van der Waals surface area contributed by atoms with E-state index in [9.17, 15) is 0 Å². The number of aryl methyl sites for hydroxylation is 2. The Labute approximate surface area is 104 Å². The van der Waals surface area contributed by atoms with Crippen molar-refractivity contribution >= 4 is 0 Å². The molecule has 1 aromatic rings. The third-order valence-corrected chi connectivity index (χ3v) is 3.70. The minimum Gasteiger partial charge on any atom is -0.317 e. The Morgan fingerprint density at radius 1 is 1.47 bits per heavy atom. The van der Waals surface area contributed by atoms with Crippen LogP contribution in [0.5, 0.6) is 0 Å². The smallest absolute Gasteiger partial charge is 0.0638 e. The van der Waals surface area contributed by atoms with E-state index in [1.807, 2.05) is 11.7 Å². The largest absolute Gasteiger partial charge is 0.317 e. The van der Waals surface area contributed by atoms with Crippen molar-refractivity contribution in [1.82, 2.24) is 20.0 Å². The molecule has 1 saturated heterocycles. The van der Waals surface area contributed by atoms with E-state index in [0.717, 1.165) is 18.8 Å². The number of nitrogens with one attached hydrogen (secondary N) is 1. The first-order valence-corrected chi connectivity index (χ1v) is 6.57. The summed E-state index contributed by atoms with van der Waals surface area (Å²) in [6, 6.07) is 0.713. The molecular formula is C13H24N4. The Morgan fingerprint density at radius 2 is 2.29 bits per heavy atom. The van der Waals surface area contributed by atoms with Crippen LogP contribution in [0.15, 0.2) is 6.20 Å². The zero-order valence-corrected chi connectivity index (χ0v) is 11.2. The van der Waals surface area contributed by atoms with Gasteiger partial charge in [-0.05, 0) is 46.3 Å². The summed E-state index contributed by atoms with van der Waals surface area (Å²) in [5, 5.41) is 7.87. The van der Waals surface area contributed by atoms with Crippen LogP contribution in [-0.4, -0.2) is 40.9 Å². The van der Waals surface area contributed by atoms with Crippen LogP contribution in [0.3, 0.4) is 0 Å². The molecule has 96 valence electrons. The fourth-order valence-corrected chi connectivity index (χ4v) is 2.64. The molecule has 1 unspecified atom stereocenters. The molecule has 0 spiro atoms. The molecule has 0 bridgehead atoms. The second kappa shape index (κ2) is 5.65. The molecular weight excluding hydrogens is 212 g/mol. The van der Waals surface area contributed by atoms with Crippen molar-refractivity contribution in [3.8, 4) is 0 Å². The standard InChI is InChI=1S/C13H24N4/c1-11-12(10-17(3)15-11)9-16(2)13-5-4-7-14-8-6-13/h10,13-14H,4-9H2,1-3H3. The van der Waals surface area contributed by atoms with Crippen molar-refractivity contribution in [2.24, 2.45) is 7.05 Å². The highest BCUT2D eigenvalue weighted by molar-refractivity contribution is 5.15. The molecule has 17 heavy (non-hydrogen) atoms. The average molecular weight is 236 g/mol. The lowest BCUT2D eigenvalue weighted by molar-refractivity contribution is 0.216. The van der Waals surface area contributed by atoms with E-state index in [1.165, 1.54) is 31.4 Å². The zero-order valence-electron chi connectivity index (χ0n) is 11.2. The van der Waals surface area contributed by atoms with Gasteiger partial charge < -0.3 is 5.32 Å². The minimum atomic E-state index is 0.713. The SMILES string of the molecule is Cc1nn(C)cc1CN(C)C1CCCNCC1. The van der Waals surface area contributed by atoms with Gasteiger partial charge in [0.05, 0.1) is 5.69 Å². The van der Waals surface area contributed by atoms with E-state index >= 15 is 0 Å². The second-order valence-corrected chi connectivity index (χ2v) is 5.16. The quantitative estimate of drug-likeness (QED) is 0.859. The van der Waals surface area contributed by atoms with Gasteiger partial charge in [0.25, 0.3) is 0 Å². The van der Waals surface area contributed by atoms with Gasteiger partial charge in [0.1, 0.15) is 0 Å². The monoisotopic (exact) mass is 236 g/mol. The maximum absolute atomic E-state index is 4.41. The third kappa shape index (κ3) is 3.30. The lowest BCUT2D eigenvalue weighted by Crippen LogP contribution is -2.32. The summed E-state index contributed by atoms with van der Waals surface area (Å²) in [6.45, 7) is 5.44. The van der Waals surface area contributed by atoms with Crippen LogP contribution in [0.2, 0.25) is 0 Å². The number of nitrogens with zero attached hydrogens (tertiary/aromatic N) is 3. The average Bonchev–Trinajstić information content (AvgIpc) is 2.54. The maximum atomic E-state index is 4.41. The van der Waals surface area contributed by atoms with Gasteiger partial charge in [-0.25, -0.2) is 0 Å². The molecule has 4 heteroatoms. The highest BCUT2D eigenvalue weighted by Gasteiger charge is 2.17. The predicted octanol–water partition coefficient (Wildman–Crippen LogP) is 1.30. The van der Waals surface area contributed by atoms with E-state index in [1.54, 1.807) is 0 Å². The maximum Gasteiger partial charge on any atom is 0.0638 e. The first-order valence-electron chi connectivity index (χ1n) is 6.57. The molecule has 2 heterocycles. The van der Waals surface area contributed by atoms with E-state index in [-0.39, 0.29) is 0 Å².